The summed E-state index contributed by atoms with van der Waals surface area (Å²) in [6, 6.07) is 0. The van der Waals surface area contributed by atoms with Crippen molar-refractivity contribution in [2.75, 3.05) is 0 Å². The summed E-state index contributed by atoms with van der Waals surface area (Å²) in [6.07, 6.45) is 6.50. The van der Waals surface area contributed by atoms with Crippen LogP contribution in [0.2, 0.25) is 0 Å². The Kier molecular flexibility index (Phi) is 157. The van der Waals surface area contributed by atoms with Gasteiger partial charge in [0.05, 0.1) is 0 Å². The van der Waals surface area contributed by atoms with Crippen molar-refractivity contribution in [3.8, 4) is 0 Å². The van der Waals surface area contributed by atoms with Gasteiger partial charge in [-0.1, -0.05) is 38.5 Å². The van der Waals surface area contributed by atoms with E-state index in [0.717, 1.165) is 0 Å². The Balaban J connectivity index is -0.0000000356. The summed E-state index contributed by atoms with van der Waals surface area (Å²) >= 11 is 0. The molecule has 0 aliphatic carbocycles. The van der Waals surface area contributed by atoms with Crippen LogP contribution in [0.15, 0.2) is 38.0 Å². The molecule has 0 aromatic heterocycles. The van der Waals surface area contributed by atoms with Gasteiger partial charge in [-0.25, -0.2) is 0 Å². The van der Waals surface area contributed by atoms with Crippen LogP contribution in [-0.4, -0.2) is 0 Å². The second-order valence-corrected chi connectivity index (χ2v) is 1.93. The number of hydrogen-bond donors (Lipinski definition) is 0. The van der Waals surface area contributed by atoms with Gasteiger partial charge in [0.25, 0.3) is 0 Å². The van der Waals surface area contributed by atoms with Crippen molar-refractivity contribution in [3.63, 3.8) is 0 Å². The molecule has 0 radical (unpaired) electrons. The summed E-state index contributed by atoms with van der Waals surface area (Å²) < 4.78 is 0. The zero-order valence-corrected chi connectivity index (χ0v) is 9.56. The van der Waals surface area contributed by atoms with Crippen LogP contribution in [0.5, 0.6) is 0 Å². The van der Waals surface area contributed by atoms with Crippen LogP contribution >= 0.6 is 0 Å². The fourth-order valence-electron chi connectivity index (χ4n) is 0. The molecule has 0 aliphatic heterocycles. The highest BCUT2D eigenvalue weighted by molar-refractivity contribution is 4.52. The first-order valence-electron chi connectivity index (χ1n) is 4.37. The van der Waals surface area contributed by atoms with Gasteiger partial charge < -0.3 is 0 Å². The van der Waals surface area contributed by atoms with Crippen LogP contribution in [0.3, 0.4) is 0 Å². The molecule has 0 aliphatic rings. The quantitative estimate of drug-likeness (QED) is 0.449. The maximum atomic E-state index is 3.36. The lowest BCUT2D eigenvalue weighted by atomic mass is 10.6. The molecular weight excluding hydrogens is 144 g/mol. The third-order valence-electron chi connectivity index (χ3n) is 0. The van der Waals surface area contributed by atoms with Crippen LogP contribution in [0.1, 0.15) is 41.0 Å². The van der Waals surface area contributed by atoms with E-state index in [0.29, 0.717) is 0 Å². The smallest absolute Gasteiger partial charge is 0.0473 e. The van der Waals surface area contributed by atoms with Gasteiger partial charge in [-0.15, -0.1) is 19.7 Å². The molecule has 74 valence electrons. The summed E-state index contributed by atoms with van der Waals surface area (Å²) in [6.45, 7) is 20.0. The molecule has 0 aromatic rings. The normalized spacial score (nSPS) is 4.75. The minimum absolute atomic E-state index is 1.25. The van der Waals surface area contributed by atoms with Gasteiger partial charge in [0.1, 0.15) is 0 Å². The third kappa shape index (κ3) is 1020. The Labute approximate surface area is 79.7 Å². The van der Waals surface area contributed by atoms with Crippen LogP contribution < -0.4 is 0 Å². The predicted molar refractivity (Wildman–Crippen MR) is 63.6 cm³/mol. The minimum atomic E-state index is 1.25. The van der Waals surface area contributed by atoms with E-state index >= 15 is 0 Å². The molecule has 0 spiro atoms. The van der Waals surface area contributed by atoms with E-state index in [4.69, 9.17) is 0 Å². The monoisotopic (exact) mass is 170 g/mol. The zero-order chi connectivity index (χ0) is 10.8. The number of allylic oxidation sites excluding steroid dienone is 3. The largest absolute Gasteiger partial charge is 0.103 e. The van der Waals surface area contributed by atoms with Gasteiger partial charge in [0, 0.05) is 0 Å². The molecule has 0 amide bonds. The summed E-state index contributed by atoms with van der Waals surface area (Å²) in [7, 11) is 0. The molecule has 0 bridgehead atoms. The van der Waals surface area contributed by atoms with E-state index in [1.165, 1.54) is 6.42 Å². The predicted octanol–water partition coefficient (Wildman–Crippen LogP) is 4.99. The molecule has 0 rings (SSSR count). The molecular formula is C12H26. The van der Waals surface area contributed by atoms with E-state index in [1.54, 1.807) is 18.2 Å². The topological polar surface area (TPSA) is 0 Å². The average Bonchev–Trinajstić information content (AvgIpc) is 1.92. The van der Waals surface area contributed by atoms with Crippen LogP contribution in [0, 0.1) is 0 Å². The molecule has 12 heavy (non-hydrogen) atoms. The molecule has 0 heteroatoms. The summed E-state index contributed by atoms with van der Waals surface area (Å²) in [5.41, 5.74) is 0. The highest BCUT2D eigenvalue weighted by Gasteiger charge is 1.35. The Morgan fingerprint density at radius 3 is 0.750 bits per heavy atom. The first-order valence-corrected chi connectivity index (χ1v) is 4.37. The Hall–Kier alpha value is -0.780. The Morgan fingerprint density at radius 2 is 0.750 bits per heavy atom. The minimum Gasteiger partial charge on any atom is -0.103 e. The van der Waals surface area contributed by atoms with E-state index < -0.39 is 0 Å². The van der Waals surface area contributed by atoms with Crippen LogP contribution in [0.4, 0.5) is 0 Å². The van der Waals surface area contributed by atoms with Crippen molar-refractivity contribution < 1.29 is 0 Å². The van der Waals surface area contributed by atoms with E-state index in [9.17, 15) is 0 Å². The second-order valence-electron chi connectivity index (χ2n) is 1.93. The lowest BCUT2D eigenvalue weighted by molar-refractivity contribution is 1.09. The summed E-state index contributed by atoms with van der Waals surface area (Å²) in [4.78, 5) is 0. The van der Waals surface area contributed by atoms with Crippen molar-refractivity contribution in [2.24, 2.45) is 0 Å². The standard InChI is InChI=1S/C3H8.3C3H6/c4*1-3-2/h3H2,1-2H3;3*3H,1H2,2H3. The van der Waals surface area contributed by atoms with Crippen molar-refractivity contribution >= 4 is 0 Å². The lowest BCUT2D eigenvalue weighted by Gasteiger charge is -1.48. The molecule has 0 saturated heterocycles. The average molecular weight is 170 g/mol. The maximum absolute atomic E-state index is 3.36. The second kappa shape index (κ2) is 83.8. The first kappa shape index (κ1) is 22.5. The van der Waals surface area contributed by atoms with Crippen molar-refractivity contribution in [3.05, 3.63) is 38.0 Å². The summed E-state index contributed by atoms with van der Waals surface area (Å²) in [5, 5.41) is 0. The SMILES string of the molecule is C=CC.C=CC.C=CC.CCC. The third-order valence-corrected chi connectivity index (χ3v) is 0. The Morgan fingerprint density at radius 1 is 0.750 bits per heavy atom. The van der Waals surface area contributed by atoms with Gasteiger partial charge in [-0.2, -0.15) is 0 Å². The highest BCUT2D eigenvalue weighted by atomic mass is 13.4. The van der Waals surface area contributed by atoms with Crippen molar-refractivity contribution in [1.29, 1.82) is 0 Å². The lowest BCUT2D eigenvalue weighted by Crippen LogP contribution is -1.27. The molecule has 0 heterocycles. The summed E-state index contributed by atoms with van der Waals surface area (Å²) in [5.74, 6) is 0. The van der Waals surface area contributed by atoms with Gasteiger partial charge >= 0.3 is 0 Å². The highest BCUT2D eigenvalue weighted by Crippen LogP contribution is 1.56. The van der Waals surface area contributed by atoms with Crippen molar-refractivity contribution in [1.82, 2.24) is 0 Å². The molecule has 0 atom stereocenters. The van der Waals surface area contributed by atoms with E-state index in [1.807, 2.05) is 20.8 Å². The van der Waals surface area contributed by atoms with Gasteiger partial charge in [-0.3, -0.25) is 0 Å². The molecule has 0 nitrogen and oxygen atoms in total. The number of hydrogen-bond acceptors (Lipinski definition) is 0. The molecule has 0 fully saturated rings. The van der Waals surface area contributed by atoms with Gasteiger partial charge in [0.2, 0.25) is 0 Å². The van der Waals surface area contributed by atoms with Gasteiger partial charge in [-0.05, 0) is 20.8 Å². The fraction of sp³-hybridized carbons (Fsp3) is 0.500. The fourth-order valence-corrected chi connectivity index (χ4v) is 0. The molecule has 0 aromatic carbocycles. The molecule has 0 N–H and O–H groups in total. The number of rotatable bonds is 0. The Bertz CT molecular complexity index is 46.2. The van der Waals surface area contributed by atoms with Crippen LogP contribution in [-0.2, 0) is 0 Å². The zero-order valence-electron chi connectivity index (χ0n) is 9.56. The van der Waals surface area contributed by atoms with Crippen LogP contribution in [0.25, 0.3) is 0 Å². The molecule has 0 saturated carbocycles. The van der Waals surface area contributed by atoms with E-state index in [2.05, 4.69) is 33.6 Å². The van der Waals surface area contributed by atoms with Crippen molar-refractivity contribution in [2.45, 2.75) is 41.0 Å². The molecule has 0 unspecified atom stereocenters. The first-order chi connectivity index (χ1) is 5.66. The maximum Gasteiger partial charge on any atom is -0.0473 e. The van der Waals surface area contributed by atoms with Gasteiger partial charge in [0.15, 0.2) is 0 Å². The van der Waals surface area contributed by atoms with E-state index in [-0.39, 0.29) is 0 Å².